The van der Waals surface area contributed by atoms with Crippen LogP contribution in [-0.2, 0) is 32.1 Å². The fraction of sp³-hybridized carbons (Fsp3) is 0.400. The van der Waals surface area contributed by atoms with E-state index in [2.05, 4.69) is 0 Å². The number of carbonyl (C=O) groups is 3. The van der Waals surface area contributed by atoms with Gasteiger partial charge in [-0.2, -0.15) is 0 Å². The average Bonchev–Trinajstić information content (AvgIpc) is 3.03. The van der Waals surface area contributed by atoms with Crippen LogP contribution in [0.15, 0.2) is 54.6 Å². The molecule has 31 heavy (non-hydrogen) atoms. The third-order valence-electron chi connectivity index (χ3n) is 5.10. The molecule has 1 heterocycles. The van der Waals surface area contributed by atoms with Crippen molar-refractivity contribution in [3.63, 3.8) is 0 Å². The SMILES string of the molecule is Cc1ccc(CC2CC(=O)N(C(=O)OC(C)(C)C)C2C(=O)OCc2ccccc2)cc1. The Morgan fingerprint density at radius 1 is 1.00 bits per heavy atom. The molecule has 0 radical (unpaired) electrons. The molecule has 0 aromatic heterocycles. The van der Waals surface area contributed by atoms with Crippen LogP contribution in [0.5, 0.6) is 0 Å². The standard InChI is InChI=1S/C25H29NO5/c1-17-10-12-18(13-11-17)14-20-15-21(27)26(24(29)31-25(2,3)4)22(20)23(28)30-16-19-8-6-5-7-9-19/h5-13,20,22H,14-16H2,1-4H3. The first-order valence-electron chi connectivity index (χ1n) is 10.5. The van der Waals surface area contributed by atoms with Crippen molar-refractivity contribution >= 4 is 18.0 Å². The van der Waals surface area contributed by atoms with E-state index in [1.165, 1.54) is 0 Å². The second kappa shape index (κ2) is 9.33. The number of ether oxygens (including phenoxy) is 2. The average molecular weight is 424 g/mol. The fourth-order valence-corrected chi connectivity index (χ4v) is 3.65. The lowest BCUT2D eigenvalue weighted by atomic mass is 9.92. The van der Waals surface area contributed by atoms with Crippen LogP contribution in [-0.4, -0.2) is 34.5 Å². The molecule has 1 fully saturated rings. The highest BCUT2D eigenvalue weighted by atomic mass is 16.6. The number of aryl methyl sites for hydroxylation is 1. The zero-order valence-corrected chi connectivity index (χ0v) is 18.5. The second-order valence-corrected chi connectivity index (χ2v) is 8.94. The van der Waals surface area contributed by atoms with E-state index in [0.717, 1.165) is 21.6 Å². The summed E-state index contributed by atoms with van der Waals surface area (Å²) in [5, 5.41) is 0. The molecule has 2 unspecified atom stereocenters. The van der Waals surface area contributed by atoms with Gasteiger partial charge in [0.05, 0.1) is 0 Å². The molecule has 6 nitrogen and oxygen atoms in total. The first-order chi connectivity index (χ1) is 14.6. The number of rotatable bonds is 5. The van der Waals surface area contributed by atoms with Gasteiger partial charge in [0, 0.05) is 12.3 Å². The Labute approximate surface area is 183 Å². The normalized spacial score (nSPS) is 18.7. The molecule has 1 saturated heterocycles. The molecule has 0 aliphatic carbocycles. The minimum Gasteiger partial charge on any atom is -0.459 e. The van der Waals surface area contributed by atoms with Crippen LogP contribution in [0.2, 0.25) is 0 Å². The Bertz CT molecular complexity index is 931. The van der Waals surface area contributed by atoms with Crippen molar-refractivity contribution in [2.24, 2.45) is 5.92 Å². The zero-order chi connectivity index (χ0) is 22.6. The summed E-state index contributed by atoms with van der Waals surface area (Å²) in [6.07, 6.45) is -0.250. The third kappa shape index (κ3) is 5.94. The van der Waals surface area contributed by atoms with Gasteiger partial charge in [-0.15, -0.1) is 0 Å². The predicted molar refractivity (Wildman–Crippen MR) is 116 cm³/mol. The maximum Gasteiger partial charge on any atom is 0.417 e. The lowest BCUT2D eigenvalue weighted by Gasteiger charge is -2.28. The molecule has 0 bridgehead atoms. The first-order valence-corrected chi connectivity index (χ1v) is 10.5. The van der Waals surface area contributed by atoms with Crippen LogP contribution in [0.4, 0.5) is 4.79 Å². The van der Waals surface area contributed by atoms with Crippen molar-refractivity contribution in [1.82, 2.24) is 4.90 Å². The maximum absolute atomic E-state index is 13.1. The van der Waals surface area contributed by atoms with Crippen LogP contribution in [0.1, 0.15) is 43.9 Å². The van der Waals surface area contributed by atoms with Gasteiger partial charge in [0.15, 0.2) is 0 Å². The van der Waals surface area contributed by atoms with Crippen molar-refractivity contribution in [1.29, 1.82) is 0 Å². The Hall–Kier alpha value is -3.15. The smallest absolute Gasteiger partial charge is 0.417 e. The number of nitrogens with zero attached hydrogens (tertiary/aromatic N) is 1. The van der Waals surface area contributed by atoms with Crippen molar-refractivity contribution in [3.05, 3.63) is 71.3 Å². The van der Waals surface area contributed by atoms with E-state index in [1.54, 1.807) is 20.8 Å². The lowest BCUT2D eigenvalue weighted by Crippen LogP contribution is -2.48. The molecule has 0 N–H and O–H groups in total. The van der Waals surface area contributed by atoms with E-state index in [9.17, 15) is 14.4 Å². The van der Waals surface area contributed by atoms with Crippen LogP contribution in [0.25, 0.3) is 0 Å². The van der Waals surface area contributed by atoms with Crippen LogP contribution >= 0.6 is 0 Å². The van der Waals surface area contributed by atoms with Crippen molar-refractivity contribution < 1.29 is 23.9 Å². The summed E-state index contributed by atoms with van der Waals surface area (Å²) in [6.45, 7) is 7.23. The van der Waals surface area contributed by atoms with E-state index in [4.69, 9.17) is 9.47 Å². The van der Waals surface area contributed by atoms with Gasteiger partial charge < -0.3 is 9.47 Å². The Morgan fingerprint density at radius 3 is 2.26 bits per heavy atom. The predicted octanol–water partition coefficient (Wildman–Crippen LogP) is 4.43. The molecule has 0 spiro atoms. The first kappa shape index (κ1) is 22.5. The monoisotopic (exact) mass is 423 g/mol. The Kier molecular flexibility index (Phi) is 6.78. The van der Waals surface area contributed by atoms with Gasteiger partial charge in [-0.25, -0.2) is 14.5 Å². The number of likely N-dealkylation sites (tertiary alicyclic amines) is 1. The van der Waals surface area contributed by atoms with Crippen LogP contribution in [0.3, 0.4) is 0 Å². The van der Waals surface area contributed by atoms with Gasteiger partial charge in [-0.1, -0.05) is 60.2 Å². The number of hydrogen-bond donors (Lipinski definition) is 0. The third-order valence-corrected chi connectivity index (χ3v) is 5.10. The summed E-state index contributed by atoms with van der Waals surface area (Å²) in [7, 11) is 0. The number of carbonyl (C=O) groups excluding carboxylic acids is 3. The van der Waals surface area contributed by atoms with E-state index in [1.807, 2.05) is 61.5 Å². The molecule has 164 valence electrons. The number of benzene rings is 2. The summed E-state index contributed by atoms with van der Waals surface area (Å²) >= 11 is 0. The summed E-state index contributed by atoms with van der Waals surface area (Å²) in [6, 6.07) is 16.2. The Morgan fingerprint density at radius 2 is 1.65 bits per heavy atom. The highest BCUT2D eigenvalue weighted by molar-refractivity contribution is 6.00. The van der Waals surface area contributed by atoms with Gasteiger partial charge in [-0.05, 0) is 45.2 Å². The molecule has 1 aliphatic rings. The van der Waals surface area contributed by atoms with Gasteiger partial charge in [0.1, 0.15) is 18.2 Å². The largest absolute Gasteiger partial charge is 0.459 e. The number of esters is 1. The number of amides is 2. The summed E-state index contributed by atoms with van der Waals surface area (Å²) in [5.74, 6) is -1.41. The van der Waals surface area contributed by atoms with Crippen molar-refractivity contribution in [2.75, 3.05) is 0 Å². The topological polar surface area (TPSA) is 72.9 Å². The zero-order valence-electron chi connectivity index (χ0n) is 18.5. The molecule has 1 aliphatic heterocycles. The quantitative estimate of drug-likeness (QED) is 0.665. The Balaban J connectivity index is 1.82. The molecule has 2 atom stereocenters. The molecule has 6 heteroatoms. The minimum absolute atomic E-state index is 0.0732. The maximum atomic E-state index is 13.1. The van der Waals surface area contributed by atoms with Gasteiger partial charge in [0.25, 0.3) is 0 Å². The number of hydrogen-bond acceptors (Lipinski definition) is 5. The van der Waals surface area contributed by atoms with E-state index in [0.29, 0.717) is 6.42 Å². The molecule has 2 amide bonds. The minimum atomic E-state index is -1.02. The number of imide groups is 1. The second-order valence-electron chi connectivity index (χ2n) is 8.94. The van der Waals surface area contributed by atoms with E-state index in [-0.39, 0.29) is 18.9 Å². The molecule has 0 saturated carbocycles. The van der Waals surface area contributed by atoms with Gasteiger partial charge in [0.2, 0.25) is 5.91 Å². The molecule has 2 aromatic rings. The summed E-state index contributed by atoms with van der Waals surface area (Å²) < 4.78 is 10.9. The fourth-order valence-electron chi connectivity index (χ4n) is 3.65. The summed E-state index contributed by atoms with van der Waals surface area (Å²) in [5.41, 5.74) is 2.17. The highest BCUT2D eigenvalue weighted by Crippen LogP contribution is 2.31. The van der Waals surface area contributed by atoms with Gasteiger partial charge >= 0.3 is 12.1 Å². The van der Waals surface area contributed by atoms with Crippen molar-refractivity contribution in [2.45, 2.75) is 58.8 Å². The van der Waals surface area contributed by atoms with Gasteiger partial charge in [-0.3, -0.25) is 4.79 Å². The van der Waals surface area contributed by atoms with E-state index >= 15 is 0 Å². The molecule has 2 aromatic carbocycles. The summed E-state index contributed by atoms with van der Waals surface area (Å²) in [4.78, 5) is 39.6. The van der Waals surface area contributed by atoms with E-state index < -0.39 is 29.6 Å². The molecular formula is C25H29NO5. The van der Waals surface area contributed by atoms with Crippen LogP contribution in [0, 0.1) is 12.8 Å². The molecular weight excluding hydrogens is 394 g/mol. The van der Waals surface area contributed by atoms with Crippen LogP contribution < -0.4 is 0 Å². The lowest BCUT2D eigenvalue weighted by molar-refractivity contribution is -0.153. The highest BCUT2D eigenvalue weighted by Gasteiger charge is 2.49. The molecule has 3 rings (SSSR count). The van der Waals surface area contributed by atoms with Crippen molar-refractivity contribution in [3.8, 4) is 0 Å².